The van der Waals surface area contributed by atoms with Gasteiger partial charge in [-0.25, -0.2) is 13.7 Å². The van der Waals surface area contributed by atoms with Crippen molar-refractivity contribution in [3.05, 3.63) is 0 Å². The van der Waals surface area contributed by atoms with Crippen LogP contribution in [-0.2, 0) is 45.6 Å². The van der Waals surface area contributed by atoms with E-state index < -0.39 is 41.7 Å². The quantitative estimate of drug-likeness (QED) is 0.125. The number of phosphoric ester groups is 3. The van der Waals surface area contributed by atoms with Crippen molar-refractivity contribution in [2.45, 2.75) is 78.0 Å². The predicted molar refractivity (Wildman–Crippen MR) is 127 cm³/mol. The molecule has 0 amide bonds. The van der Waals surface area contributed by atoms with Crippen molar-refractivity contribution in [2.24, 2.45) is 5.41 Å². The predicted octanol–water partition coefficient (Wildman–Crippen LogP) is 3.67. The molecule has 3 N–H and O–H groups in total. The summed E-state index contributed by atoms with van der Waals surface area (Å²) in [4.78, 5) is 29.1. The minimum Gasteiger partial charge on any atom is -0.381 e. The zero-order valence-electron chi connectivity index (χ0n) is 20.6. The molecule has 0 bridgehead atoms. The first-order valence-corrected chi connectivity index (χ1v) is 15.9. The van der Waals surface area contributed by atoms with E-state index in [1.807, 2.05) is 27.7 Å². The smallest absolute Gasteiger partial charge is 0.381 e. The van der Waals surface area contributed by atoms with E-state index in [1.54, 1.807) is 0 Å². The molecule has 0 aromatic rings. The Morgan fingerprint density at radius 2 is 1.20 bits per heavy atom. The van der Waals surface area contributed by atoms with Crippen molar-refractivity contribution in [1.29, 1.82) is 0 Å². The van der Waals surface area contributed by atoms with Crippen LogP contribution in [0.5, 0.6) is 0 Å². The normalized spacial score (nSPS) is 26.2. The zero-order valence-corrected chi connectivity index (χ0v) is 23.3. The Labute approximate surface area is 208 Å². The third kappa shape index (κ3) is 14.8. The van der Waals surface area contributed by atoms with Gasteiger partial charge in [0.25, 0.3) is 0 Å². The summed E-state index contributed by atoms with van der Waals surface area (Å²) >= 11 is 0. The van der Waals surface area contributed by atoms with Crippen LogP contribution in [0.25, 0.3) is 0 Å². The molecule has 6 atom stereocenters. The third-order valence-electron chi connectivity index (χ3n) is 4.59. The zero-order chi connectivity index (χ0) is 26.8. The van der Waals surface area contributed by atoms with Crippen LogP contribution >= 0.6 is 23.5 Å². The highest BCUT2D eigenvalue weighted by Gasteiger charge is 2.44. The lowest BCUT2D eigenvalue weighted by atomic mass is 9.85. The second kappa shape index (κ2) is 15.1. The summed E-state index contributed by atoms with van der Waals surface area (Å²) in [6.07, 6.45) is 0.446. The van der Waals surface area contributed by atoms with E-state index in [4.69, 9.17) is 39.7 Å². The van der Waals surface area contributed by atoms with E-state index in [0.717, 1.165) is 6.42 Å². The lowest BCUT2D eigenvalue weighted by Gasteiger charge is -2.31. The van der Waals surface area contributed by atoms with Crippen LogP contribution < -0.4 is 0 Å². The Bertz CT molecular complexity index is 762. The molecular weight excluding hydrogens is 528 g/mol. The van der Waals surface area contributed by atoms with Crippen molar-refractivity contribution < 1.29 is 60.3 Å². The fourth-order valence-corrected chi connectivity index (χ4v) is 5.53. The Hall–Kier alpha value is 0.355. The van der Waals surface area contributed by atoms with Gasteiger partial charge in [0.1, 0.15) is 7.85 Å². The second-order valence-corrected chi connectivity index (χ2v) is 13.3. The van der Waals surface area contributed by atoms with Crippen molar-refractivity contribution >= 4 is 31.3 Å². The number of rotatable bonds is 18. The van der Waals surface area contributed by atoms with Crippen LogP contribution in [0.2, 0.25) is 0 Å². The molecule has 206 valence electrons. The highest BCUT2D eigenvalue weighted by atomic mass is 31.2. The minimum atomic E-state index is -4.43. The molecule has 1 heterocycles. The number of hydrogen-bond acceptors (Lipinski definition) is 10. The molecule has 1 rings (SSSR count). The maximum Gasteiger partial charge on any atom is 0.472 e. The number of hydrogen-bond donors (Lipinski definition) is 3. The first-order valence-electron chi connectivity index (χ1n) is 11.4. The molecule has 0 spiro atoms. The van der Waals surface area contributed by atoms with E-state index in [9.17, 15) is 28.4 Å². The largest absolute Gasteiger partial charge is 0.472 e. The van der Waals surface area contributed by atoms with Crippen LogP contribution in [0.15, 0.2) is 0 Å². The highest BCUT2D eigenvalue weighted by molar-refractivity contribution is 7.47. The van der Waals surface area contributed by atoms with Crippen LogP contribution in [0.4, 0.5) is 0 Å². The van der Waals surface area contributed by atoms with Crippen LogP contribution in [0.3, 0.4) is 0 Å². The first kappa shape index (κ1) is 33.4. The first-order chi connectivity index (χ1) is 16.1. The van der Waals surface area contributed by atoms with Gasteiger partial charge in [-0.1, -0.05) is 34.1 Å². The summed E-state index contributed by atoms with van der Waals surface area (Å²) in [7, 11) is -7.22. The SMILES string of the molecule is [B]C1CC(OP(=O)(O)OCCCOP(=O)(O)OCCCOP(=O)(O)OCCCC)C(C(C)(C)C)O1. The number of phosphoric acid groups is 3. The standard InChI is InChI=1S/C18H38BO13P3/c1-5-6-9-26-33(20,21)27-10-7-11-28-34(22,23)29-12-8-13-30-35(24,25)32-15-14-16(19)31-17(15)18(2,3)4/h15-17H,5-14H2,1-4H3,(H,20,21)(H,22,23)(H,24,25). The van der Waals surface area contributed by atoms with Crippen LogP contribution in [-0.4, -0.2) is 73.8 Å². The fraction of sp³-hybridized carbons (Fsp3) is 1.00. The van der Waals surface area contributed by atoms with E-state index in [2.05, 4.69) is 0 Å². The molecule has 35 heavy (non-hydrogen) atoms. The van der Waals surface area contributed by atoms with Gasteiger partial charge in [-0.2, -0.15) is 0 Å². The van der Waals surface area contributed by atoms with Gasteiger partial charge < -0.3 is 19.4 Å². The Balaban J connectivity index is 2.23. The van der Waals surface area contributed by atoms with Gasteiger partial charge in [0.05, 0.1) is 45.2 Å². The molecule has 6 unspecified atom stereocenters. The fourth-order valence-electron chi connectivity index (χ4n) is 2.98. The third-order valence-corrected chi connectivity index (χ3v) is 7.67. The number of ether oxygens (including phenoxy) is 1. The maximum atomic E-state index is 12.2. The van der Waals surface area contributed by atoms with Crippen molar-refractivity contribution in [3.63, 3.8) is 0 Å². The average molecular weight is 566 g/mol. The molecule has 13 nitrogen and oxygen atoms in total. The van der Waals surface area contributed by atoms with Crippen molar-refractivity contribution in [1.82, 2.24) is 0 Å². The lowest BCUT2D eigenvalue weighted by Crippen LogP contribution is -2.36. The van der Waals surface area contributed by atoms with E-state index in [0.29, 0.717) is 6.42 Å². The summed E-state index contributed by atoms with van der Waals surface area (Å²) in [6.45, 7) is 6.56. The Kier molecular flexibility index (Phi) is 14.4. The molecule has 1 fully saturated rings. The highest BCUT2D eigenvalue weighted by Crippen LogP contribution is 2.49. The van der Waals surface area contributed by atoms with Crippen LogP contribution in [0.1, 0.15) is 59.8 Å². The van der Waals surface area contributed by atoms with E-state index in [-0.39, 0.29) is 57.7 Å². The molecule has 0 aromatic heterocycles. The molecule has 0 saturated carbocycles. The van der Waals surface area contributed by atoms with Gasteiger partial charge in [-0.05, 0) is 31.1 Å². The molecule has 2 radical (unpaired) electrons. The van der Waals surface area contributed by atoms with Gasteiger partial charge in [-0.3, -0.25) is 27.1 Å². The monoisotopic (exact) mass is 566 g/mol. The summed E-state index contributed by atoms with van der Waals surface area (Å²) in [5, 5.41) is 0. The van der Waals surface area contributed by atoms with E-state index >= 15 is 0 Å². The molecule has 0 aliphatic carbocycles. The van der Waals surface area contributed by atoms with Crippen molar-refractivity contribution in [3.8, 4) is 0 Å². The summed E-state index contributed by atoms with van der Waals surface area (Å²) in [5.41, 5.74) is -0.374. The van der Waals surface area contributed by atoms with Gasteiger partial charge in [0, 0.05) is 6.00 Å². The summed E-state index contributed by atoms with van der Waals surface area (Å²) < 4.78 is 70.3. The Morgan fingerprint density at radius 1 is 0.800 bits per heavy atom. The van der Waals surface area contributed by atoms with Gasteiger partial charge >= 0.3 is 23.5 Å². The summed E-state index contributed by atoms with van der Waals surface area (Å²) in [5.74, 6) is 0. The summed E-state index contributed by atoms with van der Waals surface area (Å²) in [6, 6.07) is -0.616. The second-order valence-electron chi connectivity index (χ2n) is 8.97. The molecule has 1 aliphatic rings. The minimum absolute atomic E-state index is 0.00287. The molecule has 1 saturated heterocycles. The topological polar surface area (TPSA) is 177 Å². The van der Waals surface area contributed by atoms with Gasteiger partial charge in [-0.15, -0.1) is 0 Å². The van der Waals surface area contributed by atoms with Gasteiger partial charge in [0.2, 0.25) is 0 Å². The molecular formula is C18H38BO13P3. The van der Waals surface area contributed by atoms with Crippen molar-refractivity contribution in [2.75, 3.05) is 33.0 Å². The molecule has 0 aromatic carbocycles. The van der Waals surface area contributed by atoms with E-state index in [1.165, 1.54) is 0 Å². The van der Waals surface area contributed by atoms with Gasteiger partial charge in [0.15, 0.2) is 0 Å². The maximum absolute atomic E-state index is 12.2. The molecule has 1 aliphatic heterocycles. The lowest BCUT2D eigenvalue weighted by molar-refractivity contribution is -0.0366. The molecule has 17 heteroatoms. The number of unbranched alkanes of at least 4 members (excludes halogenated alkanes) is 1. The average Bonchev–Trinajstić information content (AvgIpc) is 3.07. The Morgan fingerprint density at radius 3 is 1.60 bits per heavy atom. The van der Waals surface area contributed by atoms with Crippen LogP contribution in [0, 0.1) is 5.41 Å².